The van der Waals surface area contributed by atoms with Crippen LogP contribution < -0.4 is 5.32 Å². The maximum Gasteiger partial charge on any atom is 0.105 e. The van der Waals surface area contributed by atoms with Crippen molar-refractivity contribution in [2.45, 2.75) is 70.9 Å². The van der Waals surface area contributed by atoms with Gasteiger partial charge in [0, 0.05) is 30.2 Å². The fourth-order valence-corrected chi connectivity index (χ4v) is 4.32. The zero-order valence-electron chi connectivity index (χ0n) is 13.9. The molecule has 0 bridgehead atoms. The third-order valence-electron chi connectivity index (χ3n) is 5.52. The highest BCUT2D eigenvalue weighted by molar-refractivity contribution is 5.24. The quantitative estimate of drug-likeness (QED) is 0.894. The highest BCUT2D eigenvalue weighted by Crippen LogP contribution is 2.34. The van der Waals surface area contributed by atoms with Gasteiger partial charge in [-0.15, -0.1) is 0 Å². The fourth-order valence-electron chi connectivity index (χ4n) is 4.32. The van der Waals surface area contributed by atoms with Crippen LogP contribution in [0.25, 0.3) is 0 Å². The monoisotopic (exact) mass is 290 g/mol. The summed E-state index contributed by atoms with van der Waals surface area (Å²) in [5.41, 5.74) is 1.75. The second kappa shape index (κ2) is 6.13. The van der Waals surface area contributed by atoms with Gasteiger partial charge in [-0.3, -0.25) is 4.90 Å². The lowest BCUT2D eigenvalue weighted by Crippen LogP contribution is -2.52. The summed E-state index contributed by atoms with van der Waals surface area (Å²) in [6, 6.07) is 2.69. The second-order valence-electron chi connectivity index (χ2n) is 7.14. The number of furan rings is 1. The van der Waals surface area contributed by atoms with Gasteiger partial charge in [0.15, 0.2) is 0 Å². The van der Waals surface area contributed by atoms with Crippen molar-refractivity contribution in [1.82, 2.24) is 10.2 Å². The molecule has 1 aliphatic carbocycles. The number of hydrogen-bond donors (Lipinski definition) is 1. The molecule has 118 valence electrons. The molecule has 2 heterocycles. The molecule has 1 unspecified atom stereocenters. The minimum atomic E-state index is 0.371. The molecular formula is C18H30N2O. The number of hydrogen-bond acceptors (Lipinski definition) is 3. The molecule has 1 saturated heterocycles. The lowest BCUT2D eigenvalue weighted by atomic mass is 9.81. The molecule has 1 aromatic heterocycles. The molecule has 1 aromatic rings. The Kier molecular flexibility index (Phi) is 4.41. The van der Waals surface area contributed by atoms with Crippen molar-refractivity contribution in [1.29, 1.82) is 0 Å². The van der Waals surface area contributed by atoms with Crippen molar-refractivity contribution in [2.75, 3.05) is 19.6 Å². The Balaban J connectivity index is 1.78. The summed E-state index contributed by atoms with van der Waals surface area (Å²) in [7, 11) is 0. The summed E-state index contributed by atoms with van der Waals surface area (Å²) in [6.07, 6.45) is 8.14. The van der Waals surface area contributed by atoms with E-state index in [1.54, 1.807) is 0 Å². The number of aryl methyl sites for hydroxylation is 2. The summed E-state index contributed by atoms with van der Waals surface area (Å²) in [5, 5.41) is 3.89. The van der Waals surface area contributed by atoms with Gasteiger partial charge in [-0.25, -0.2) is 0 Å². The van der Waals surface area contributed by atoms with Crippen molar-refractivity contribution >= 4 is 0 Å². The van der Waals surface area contributed by atoms with Crippen LogP contribution in [0.15, 0.2) is 10.5 Å². The van der Waals surface area contributed by atoms with Gasteiger partial charge in [-0.2, -0.15) is 0 Å². The first kappa shape index (κ1) is 15.1. The van der Waals surface area contributed by atoms with Crippen LogP contribution in [0.2, 0.25) is 0 Å². The zero-order chi connectivity index (χ0) is 14.9. The van der Waals surface area contributed by atoms with Crippen molar-refractivity contribution in [3.05, 3.63) is 23.2 Å². The first-order valence-electron chi connectivity index (χ1n) is 8.66. The number of nitrogens with zero attached hydrogens (tertiary/aromatic N) is 1. The molecule has 0 radical (unpaired) electrons. The maximum absolute atomic E-state index is 5.75. The number of rotatable bonds is 2. The van der Waals surface area contributed by atoms with E-state index in [1.165, 1.54) is 63.7 Å². The van der Waals surface area contributed by atoms with E-state index in [4.69, 9.17) is 4.42 Å². The Morgan fingerprint density at radius 3 is 2.62 bits per heavy atom. The van der Waals surface area contributed by atoms with Crippen molar-refractivity contribution in [2.24, 2.45) is 0 Å². The topological polar surface area (TPSA) is 28.4 Å². The minimum absolute atomic E-state index is 0.371. The molecule has 1 N–H and O–H groups in total. The van der Waals surface area contributed by atoms with Crippen molar-refractivity contribution in [3.8, 4) is 0 Å². The van der Waals surface area contributed by atoms with Gasteiger partial charge in [0.25, 0.3) is 0 Å². The number of nitrogens with one attached hydrogen (secondary N) is 1. The molecule has 1 saturated carbocycles. The van der Waals surface area contributed by atoms with Crippen LogP contribution >= 0.6 is 0 Å². The Labute approximate surface area is 129 Å². The van der Waals surface area contributed by atoms with E-state index >= 15 is 0 Å². The van der Waals surface area contributed by atoms with Gasteiger partial charge in [0.2, 0.25) is 0 Å². The van der Waals surface area contributed by atoms with Gasteiger partial charge in [0.1, 0.15) is 11.5 Å². The average Bonchev–Trinajstić information content (AvgIpc) is 2.69. The third-order valence-corrected chi connectivity index (χ3v) is 5.52. The Hall–Kier alpha value is -0.800. The molecule has 1 aliphatic heterocycles. The van der Waals surface area contributed by atoms with Gasteiger partial charge >= 0.3 is 0 Å². The molecule has 0 aromatic carbocycles. The molecule has 0 amide bonds. The largest absolute Gasteiger partial charge is 0.466 e. The molecule has 21 heavy (non-hydrogen) atoms. The van der Waals surface area contributed by atoms with Gasteiger partial charge in [0.05, 0.1) is 0 Å². The van der Waals surface area contributed by atoms with Crippen LogP contribution in [0.3, 0.4) is 0 Å². The predicted octanol–water partition coefficient (Wildman–Crippen LogP) is 3.96. The van der Waals surface area contributed by atoms with Crippen LogP contribution in [-0.4, -0.2) is 30.1 Å². The molecular weight excluding hydrogens is 260 g/mol. The minimum Gasteiger partial charge on any atom is -0.466 e. The zero-order valence-corrected chi connectivity index (χ0v) is 13.9. The average molecular weight is 290 g/mol. The Bertz CT molecular complexity index is 474. The van der Waals surface area contributed by atoms with Crippen LogP contribution in [0.4, 0.5) is 0 Å². The summed E-state index contributed by atoms with van der Waals surface area (Å²) in [6.45, 7) is 10.1. The summed E-state index contributed by atoms with van der Waals surface area (Å²) in [4.78, 5) is 2.68. The van der Waals surface area contributed by atoms with Gasteiger partial charge in [-0.1, -0.05) is 19.3 Å². The van der Waals surface area contributed by atoms with Crippen molar-refractivity contribution in [3.63, 3.8) is 0 Å². The smallest absolute Gasteiger partial charge is 0.105 e. The summed E-state index contributed by atoms with van der Waals surface area (Å²) >= 11 is 0. The molecule has 2 aliphatic rings. The van der Waals surface area contributed by atoms with Crippen LogP contribution in [0.1, 0.15) is 68.6 Å². The van der Waals surface area contributed by atoms with E-state index in [9.17, 15) is 0 Å². The second-order valence-corrected chi connectivity index (χ2v) is 7.14. The first-order valence-corrected chi connectivity index (χ1v) is 8.66. The van der Waals surface area contributed by atoms with Crippen molar-refractivity contribution < 1.29 is 4.42 Å². The van der Waals surface area contributed by atoms with Crippen LogP contribution in [-0.2, 0) is 0 Å². The predicted molar refractivity (Wildman–Crippen MR) is 86.6 cm³/mol. The van der Waals surface area contributed by atoms with E-state index < -0.39 is 0 Å². The molecule has 1 spiro atoms. The summed E-state index contributed by atoms with van der Waals surface area (Å²) in [5.74, 6) is 2.13. The highest BCUT2D eigenvalue weighted by Gasteiger charge is 2.36. The lowest BCUT2D eigenvalue weighted by Gasteiger charge is -2.41. The van der Waals surface area contributed by atoms with Gasteiger partial charge < -0.3 is 9.73 Å². The molecule has 3 heteroatoms. The maximum atomic E-state index is 5.75. The molecule has 3 nitrogen and oxygen atoms in total. The summed E-state index contributed by atoms with van der Waals surface area (Å²) < 4.78 is 5.75. The van der Waals surface area contributed by atoms with Crippen LogP contribution in [0.5, 0.6) is 0 Å². The van der Waals surface area contributed by atoms with Crippen LogP contribution in [0, 0.1) is 13.8 Å². The molecule has 3 rings (SSSR count). The van der Waals surface area contributed by atoms with E-state index in [-0.39, 0.29) is 0 Å². The van der Waals surface area contributed by atoms with Gasteiger partial charge in [-0.05, 0) is 52.6 Å². The SMILES string of the molecule is Cc1cc(C(C)N2CCCNC3(CCCCC3)C2)c(C)o1. The Morgan fingerprint density at radius 1 is 1.19 bits per heavy atom. The standard InChI is InChI=1S/C18H30N2O/c1-14-12-17(16(3)21-14)15(2)20-11-7-10-19-18(13-20)8-5-4-6-9-18/h12,15,19H,4-11,13H2,1-3H3. The van der Waals surface area contributed by atoms with E-state index in [2.05, 4.69) is 37.1 Å². The highest BCUT2D eigenvalue weighted by atomic mass is 16.3. The fraction of sp³-hybridized carbons (Fsp3) is 0.778. The molecule has 1 atom stereocenters. The normalized spacial score (nSPS) is 24.9. The first-order chi connectivity index (χ1) is 10.1. The van der Waals surface area contributed by atoms with E-state index in [0.717, 1.165) is 11.5 Å². The third kappa shape index (κ3) is 3.19. The molecule has 2 fully saturated rings. The lowest BCUT2D eigenvalue weighted by molar-refractivity contribution is 0.133. The van der Waals surface area contributed by atoms with E-state index in [1.807, 2.05) is 0 Å². The van der Waals surface area contributed by atoms with E-state index in [0.29, 0.717) is 11.6 Å². The Morgan fingerprint density at radius 2 is 1.95 bits per heavy atom.